The minimum absolute atomic E-state index is 0.373. The number of nitrogens with two attached hydrogens (primary N) is 1. The van der Waals surface area contributed by atoms with Gasteiger partial charge in [0, 0.05) is 11.4 Å². The number of anilines is 3. The number of rotatable bonds is 3. The fraction of sp³-hybridized carbons (Fsp3) is 0.0769. The Morgan fingerprint density at radius 3 is 2.65 bits per heavy atom. The quantitative estimate of drug-likeness (QED) is 0.799. The summed E-state index contributed by atoms with van der Waals surface area (Å²) in [7, 11) is 1.58. The molecule has 0 aliphatic heterocycles. The summed E-state index contributed by atoms with van der Waals surface area (Å²) < 4.78 is 18.4. The lowest BCUT2D eigenvalue weighted by Crippen LogP contribution is -1.96. The third-order valence-corrected chi connectivity index (χ3v) is 2.31. The molecule has 88 valence electrons. The van der Waals surface area contributed by atoms with Crippen molar-refractivity contribution in [3.63, 3.8) is 0 Å². The number of nitrogen functional groups attached to an aromatic ring is 1. The molecule has 0 saturated carbocycles. The van der Waals surface area contributed by atoms with Gasteiger partial charge in [-0.15, -0.1) is 0 Å². The molecule has 0 bridgehead atoms. The molecule has 0 atom stereocenters. The second-order valence-electron chi connectivity index (χ2n) is 3.60. The summed E-state index contributed by atoms with van der Waals surface area (Å²) >= 11 is 0. The number of methoxy groups -OCH3 is 1. The smallest absolute Gasteiger partial charge is 0.142 e. The van der Waals surface area contributed by atoms with Crippen molar-refractivity contribution in [2.75, 3.05) is 18.2 Å². The largest absolute Gasteiger partial charge is 0.495 e. The zero-order valence-electron chi connectivity index (χ0n) is 9.41. The molecule has 0 radical (unpaired) electrons. The minimum atomic E-state index is -0.373. The van der Waals surface area contributed by atoms with Gasteiger partial charge in [0.25, 0.3) is 0 Å². The van der Waals surface area contributed by atoms with Crippen molar-refractivity contribution in [2.45, 2.75) is 0 Å². The van der Waals surface area contributed by atoms with Crippen LogP contribution >= 0.6 is 0 Å². The number of hydrogen-bond donors (Lipinski definition) is 2. The van der Waals surface area contributed by atoms with E-state index in [9.17, 15) is 4.39 Å². The first-order chi connectivity index (χ1) is 8.19. The van der Waals surface area contributed by atoms with Crippen molar-refractivity contribution in [1.82, 2.24) is 0 Å². The first-order valence-corrected chi connectivity index (χ1v) is 5.15. The van der Waals surface area contributed by atoms with E-state index < -0.39 is 0 Å². The molecular formula is C13H13FN2O. The Hall–Kier alpha value is -2.23. The SMILES string of the molecule is COc1ccccc1Nc1cc(N)cc(F)c1. The molecule has 0 fully saturated rings. The van der Waals surface area contributed by atoms with Crippen LogP contribution in [0.15, 0.2) is 42.5 Å². The van der Waals surface area contributed by atoms with E-state index in [1.165, 1.54) is 12.1 Å². The lowest BCUT2D eigenvalue weighted by atomic mass is 10.2. The lowest BCUT2D eigenvalue weighted by molar-refractivity contribution is 0.417. The Kier molecular flexibility index (Phi) is 3.14. The van der Waals surface area contributed by atoms with Gasteiger partial charge in [-0.3, -0.25) is 0 Å². The van der Waals surface area contributed by atoms with Crippen LogP contribution in [-0.2, 0) is 0 Å². The lowest BCUT2D eigenvalue weighted by Gasteiger charge is -2.11. The third kappa shape index (κ3) is 2.66. The Morgan fingerprint density at radius 1 is 1.18 bits per heavy atom. The molecule has 4 heteroatoms. The summed E-state index contributed by atoms with van der Waals surface area (Å²) in [5, 5.41) is 3.06. The third-order valence-electron chi connectivity index (χ3n) is 2.31. The second-order valence-corrected chi connectivity index (χ2v) is 3.60. The van der Waals surface area contributed by atoms with Gasteiger partial charge < -0.3 is 15.8 Å². The molecule has 3 nitrogen and oxygen atoms in total. The summed E-state index contributed by atoms with van der Waals surface area (Å²) in [6.45, 7) is 0. The predicted molar refractivity (Wildman–Crippen MR) is 67.1 cm³/mol. The summed E-state index contributed by atoms with van der Waals surface area (Å²) in [6, 6.07) is 11.7. The zero-order valence-corrected chi connectivity index (χ0v) is 9.41. The van der Waals surface area contributed by atoms with E-state index >= 15 is 0 Å². The molecule has 0 aliphatic rings. The van der Waals surface area contributed by atoms with Crippen molar-refractivity contribution in [1.29, 1.82) is 0 Å². The molecule has 0 spiro atoms. The Bertz CT molecular complexity index is 508. The molecule has 0 aromatic heterocycles. The Morgan fingerprint density at radius 2 is 1.94 bits per heavy atom. The highest BCUT2D eigenvalue weighted by Crippen LogP contribution is 2.28. The summed E-state index contributed by atoms with van der Waals surface area (Å²) in [4.78, 5) is 0. The number of para-hydroxylation sites is 2. The Balaban J connectivity index is 2.31. The number of hydrogen-bond acceptors (Lipinski definition) is 3. The first-order valence-electron chi connectivity index (χ1n) is 5.15. The minimum Gasteiger partial charge on any atom is -0.495 e. The molecule has 2 rings (SSSR count). The maximum Gasteiger partial charge on any atom is 0.142 e. The maximum absolute atomic E-state index is 13.2. The fourth-order valence-electron chi connectivity index (χ4n) is 1.59. The summed E-state index contributed by atoms with van der Waals surface area (Å²) in [5.41, 5.74) is 7.30. The van der Waals surface area contributed by atoms with Crippen LogP contribution < -0.4 is 15.8 Å². The topological polar surface area (TPSA) is 47.3 Å². The van der Waals surface area contributed by atoms with E-state index in [1.807, 2.05) is 24.3 Å². The molecule has 3 N–H and O–H groups in total. The van der Waals surface area contributed by atoms with Gasteiger partial charge in [-0.1, -0.05) is 12.1 Å². The van der Waals surface area contributed by atoms with E-state index in [0.29, 0.717) is 17.1 Å². The maximum atomic E-state index is 13.2. The van der Waals surface area contributed by atoms with Crippen molar-refractivity contribution >= 4 is 17.1 Å². The van der Waals surface area contributed by atoms with Crippen LogP contribution in [0.5, 0.6) is 5.75 Å². The van der Waals surface area contributed by atoms with Gasteiger partial charge in [-0.2, -0.15) is 0 Å². The van der Waals surface area contributed by atoms with Crippen LogP contribution in [0.4, 0.5) is 21.5 Å². The van der Waals surface area contributed by atoms with E-state index in [2.05, 4.69) is 5.32 Å². The molecule has 0 saturated heterocycles. The molecule has 0 heterocycles. The van der Waals surface area contributed by atoms with E-state index in [1.54, 1.807) is 13.2 Å². The van der Waals surface area contributed by atoms with E-state index in [0.717, 1.165) is 5.69 Å². The molecule has 2 aromatic carbocycles. The van der Waals surface area contributed by atoms with Crippen LogP contribution in [0.25, 0.3) is 0 Å². The van der Waals surface area contributed by atoms with E-state index in [-0.39, 0.29) is 5.82 Å². The Labute approximate surface area is 99.0 Å². The van der Waals surface area contributed by atoms with Crippen molar-refractivity contribution in [3.05, 3.63) is 48.3 Å². The van der Waals surface area contributed by atoms with Crippen molar-refractivity contribution in [2.24, 2.45) is 0 Å². The zero-order chi connectivity index (χ0) is 12.3. The highest BCUT2D eigenvalue weighted by molar-refractivity contribution is 5.68. The van der Waals surface area contributed by atoms with Crippen LogP contribution in [0, 0.1) is 5.82 Å². The molecule has 0 aliphatic carbocycles. The van der Waals surface area contributed by atoms with Gasteiger partial charge in [0.05, 0.1) is 12.8 Å². The number of benzene rings is 2. The highest BCUT2D eigenvalue weighted by Gasteiger charge is 2.03. The number of ether oxygens (including phenoxy) is 1. The molecule has 2 aromatic rings. The van der Waals surface area contributed by atoms with Gasteiger partial charge in [0.1, 0.15) is 11.6 Å². The molecular weight excluding hydrogens is 219 g/mol. The monoisotopic (exact) mass is 232 g/mol. The average Bonchev–Trinajstić information content (AvgIpc) is 2.28. The summed E-state index contributed by atoms with van der Waals surface area (Å²) in [5.74, 6) is 0.317. The van der Waals surface area contributed by atoms with Gasteiger partial charge in [-0.05, 0) is 30.3 Å². The first kappa shape index (κ1) is 11.3. The van der Waals surface area contributed by atoms with Gasteiger partial charge in [0.2, 0.25) is 0 Å². The fourth-order valence-corrected chi connectivity index (χ4v) is 1.59. The van der Waals surface area contributed by atoms with Crippen molar-refractivity contribution < 1.29 is 9.13 Å². The second kappa shape index (κ2) is 4.74. The van der Waals surface area contributed by atoms with Crippen LogP contribution in [0.2, 0.25) is 0 Å². The molecule has 0 amide bonds. The van der Waals surface area contributed by atoms with Crippen LogP contribution in [0.1, 0.15) is 0 Å². The normalized spacial score (nSPS) is 10.0. The van der Waals surface area contributed by atoms with Gasteiger partial charge in [0.15, 0.2) is 0 Å². The van der Waals surface area contributed by atoms with E-state index in [4.69, 9.17) is 10.5 Å². The molecule has 0 unspecified atom stereocenters. The van der Waals surface area contributed by atoms with Crippen molar-refractivity contribution in [3.8, 4) is 5.75 Å². The van der Waals surface area contributed by atoms with Gasteiger partial charge >= 0.3 is 0 Å². The number of halogens is 1. The standard InChI is InChI=1S/C13H13FN2O/c1-17-13-5-3-2-4-12(13)16-11-7-9(14)6-10(15)8-11/h2-8,16H,15H2,1H3. The average molecular weight is 232 g/mol. The summed E-state index contributed by atoms with van der Waals surface area (Å²) in [6.07, 6.45) is 0. The van der Waals surface area contributed by atoms with Gasteiger partial charge in [-0.25, -0.2) is 4.39 Å². The predicted octanol–water partition coefficient (Wildman–Crippen LogP) is 3.16. The van der Waals surface area contributed by atoms with Crippen LogP contribution in [0.3, 0.4) is 0 Å². The number of nitrogens with one attached hydrogen (secondary N) is 1. The van der Waals surface area contributed by atoms with Crippen LogP contribution in [-0.4, -0.2) is 7.11 Å². The highest BCUT2D eigenvalue weighted by atomic mass is 19.1. The molecule has 17 heavy (non-hydrogen) atoms.